The van der Waals surface area contributed by atoms with E-state index in [0.717, 1.165) is 16.0 Å². The maximum absolute atomic E-state index is 13.1. The molecule has 1 atom stereocenters. The normalized spacial score (nSPS) is 15.0. The molecule has 0 aliphatic carbocycles. The molecule has 1 N–H and O–H groups in total. The van der Waals surface area contributed by atoms with Crippen molar-refractivity contribution in [1.82, 2.24) is 5.32 Å². The molecule has 6 nitrogen and oxygen atoms in total. The number of nitrogens with zero attached hydrogens (tertiary/aromatic N) is 1. The summed E-state index contributed by atoms with van der Waals surface area (Å²) >= 11 is 1.38. The molecule has 1 aliphatic heterocycles. The fourth-order valence-electron chi connectivity index (χ4n) is 3.73. The summed E-state index contributed by atoms with van der Waals surface area (Å²) in [5.74, 6) is 0.903. The first-order chi connectivity index (χ1) is 16.4. The maximum atomic E-state index is 13.1. The number of hydrogen-bond donors (Lipinski definition) is 1. The highest BCUT2D eigenvalue weighted by Gasteiger charge is 2.27. The Hall–Kier alpha value is -3.71. The lowest BCUT2D eigenvalue weighted by atomic mass is 10.1. The molecule has 0 saturated carbocycles. The Bertz CT molecular complexity index is 1260. The first-order valence-corrected chi connectivity index (χ1v) is 11.6. The molecule has 0 spiro atoms. The van der Waals surface area contributed by atoms with Gasteiger partial charge in [-0.1, -0.05) is 48.2 Å². The molecule has 0 radical (unpaired) electrons. The molecule has 0 fully saturated rings. The zero-order valence-corrected chi connectivity index (χ0v) is 20.3. The number of hydrogen-bond acceptors (Lipinski definition) is 5. The lowest BCUT2D eigenvalue weighted by Gasteiger charge is -2.27. The molecule has 1 heterocycles. The number of nitrogens with one attached hydrogen (secondary N) is 1. The number of benzene rings is 3. The molecule has 1 aliphatic rings. The fourth-order valence-corrected chi connectivity index (χ4v) is 4.83. The van der Waals surface area contributed by atoms with Crippen molar-refractivity contribution in [3.8, 4) is 11.5 Å². The van der Waals surface area contributed by atoms with Gasteiger partial charge >= 0.3 is 0 Å². The highest BCUT2D eigenvalue weighted by Crippen LogP contribution is 2.42. The topological polar surface area (TPSA) is 67.9 Å². The van der Waals surface area contributed by atoms with Crippen LogP contribution in [-0.2, 0) is 4.79 Å². The number of rotatable bonds is 6. The van der Waals surface area contributed by atoms with E-state index < -0.39 is 0 Å². The molecule has 34 heavy (non-hydrogen) atoms. The van der Waals surface area contributed by atoms with Crippen LogP contribution in [0.15, 0.2) is 76.5 Å². The molecule has 3 aromatic carbocycles. The van der Waals surface area contributed by atoms with Crippen LogP contribution in [0.5, 0.6) is 11.5 Å². The van der Waals surface area contributed by atoms with Crippen molar-refractivity contribution in [1.29, 1.82) is 0 Å². The first-order valence-electron chi connectivity index (χ1n) is 10.8. The van der Waals surface area contributed by atoms with Crippen LogP contribution in [0.3, 0.4) is 0 Å². The van der Waals surface area contributed by atoms with Gasteiger partial charge in [-0.15, -0.1) is 0 Å². The molecule has 0 unspecified atom stereocenters. The SMILES string of the molecule is COc1ccc(/C=C2\Sc3ccc(C(=O)N[C@@H](C)c4ccccc4)cc3N(C)C2=O)cc1OC. The smallest absolute Gasteiger partial charge is 0.264 e. The van der Waals surface area contributed by atoms with E-state index in [-0.39, 0.29) is 17.9 Å². The van der Waals surface area contributed by atoms with Gasteiger partial charge in [0, 0.05) is 17.5 Å². The van der Waals surface area contributed by atoms with Crippen LogP contribution in [0, 0.1) is 0 Å². The Morgan fingerprint density at radius 1 is 1.00 bits per heavy atom. The average Bonchev–Trinajstić information content (AvgIpc) is 2.87. The van der Waals surface area contributed by atoms with Crippen LogP contribution in [0.4, 0.5) is 5.69 Å². The Morgan fingerprint density at radius 3 is 2.44 bits per heavy atom. The predicted octanol–water partition coefficient (Wildman–Crippen LogP) is 5.30. The van der Waals surface area contributed by atoms with Gasteiger partial charge in [-0.3, -0.25) is 9.59 Å². The molecule has 0 saturated heterocycles. The second-order valence-corrected chi connectivity index (χ2v) is 8.96. The van der Waals surface area contributed by atoms with Crippen LogP contribution in [-0.4, -0.2) is 33.1 Å². The van der Waals surface area contributed by atoms with Gasteiger partial charge in [-0.05, 0) is 54.5 Å². The Morgan fingerprint density at radius 2 is 1.74 bits per heavy atom. The summed E-state index contributed by atoms with van der Waals surface area (Å²) in [6.07, 6.45) is 1.83. The summed E-state index contributed by atoms with van der Waals surface area (Å²) in [5, 5.41) is 3.02. The largest absolute Gasteiger partial charge is 0.493 e. The summed E-state index contributed by atoms with van der Waals surface area (Å²) in [6.45, 7) is 1.95. The number of carbonyl (C=O) groups excluding carboxylic acids is 2. The lowest BCUT2D eigenvalue weighted by Crippen LogP contribution is -2.31. The summed E-state index contributed by atoms with van der Waals surface area (Å²) < 4.78 is 10.7. The molecular weight excluding hydrogens is 448 g/mol. The third-order valence-electron chi connectivity index (χ3n) is 5.67. The van der Waals surface area contributed by atoms with Gasteiger partial charge in [0.25, 0.3) is 11.8 Å². The minimum Gasteiger partial charge on any atom is -0.493 e. The average molecular weight is 475 g/mol. The Kier molecular flexibility index (Phi) is 6.93. The lowest BCUT2D eigenvalue weighted by molar-refractivity contribution is -0.114. The highest BCUT2D eigenvalue weighted by molar-refractivity contribution is 8.04. The first kappa shape index (κ1) is 23.4. The van der Waals surface area contributed by atoms with Crippen molar-refractivity contribution in [2.75, 3.05) is 26.2 Å². The zero-order chi connectivity index (χ0) is 24.2. The summed E-state index contributed by atoms with van der Waals surface area (Å²) in [6, 6.07) is 20.6. The van der Waals surface area contributed by atoms with Gasteiger partial charge in [0.2, 0.25) is 0 Å². The van der Waals surface area contributed by atoms with Crippen molar-refractivity contribution in [2.45, 2.75) is 17.9 Å². The number of thioether (sulfide) groups is 1. The van der Waals surface area contributed by atoms with Gasteiger partial charge in [0.1, 0.15) is 0 Å². The standard InChI is InChI=1S/C27H26N2O4S/c1-17(19-8-6-5-7-9-19)28-26(30)20-11-13-24-21(16-20)29(2)27(31)25(34-24)15-18-10-12-22(32-3)23(14-18)33-4/h5-17H,1-4H3,(H,28,30)/b25-15-/t17-/m0/s1. The van der Waals surface area contributed by atoms with E-state index in [4.69, 9.17) is 9.47 Å². The third kappa shape index (κ3) is 4.79. The number of anilines is 1. The van der Waals surface area contributed by atoms with Crippen LogP contribution in [0.25, 0.3) is 6.08 Å². The highest BCUT2D eigenvalue weighted by atomic mass is 32.2. The summed E-state index contributed by atoms with van der Waals surface area (Å²) in [5.41, 5.74) is 3.08. The number of likely N-dealkylation sites (N-methyl/N-ethyl adjacent to an activating group) is 1. The number of methoxy groups -OCH3 is 2. The van der Waals surface area contributed by atoms with E-state index in [1.165, 1.54) is 11.8 Å². The van der Waals surface area contributed by atoms with Crippen molar-refractivity contribution < 1.29 is 19.1 Å². The van der Waals surface area contributed by atoms with Gasteiger partial charge < -0.3 is 19.7 Å². The fraction of sp³-hybridized carbons (Fsp3) is 0.185. The molecule has 4 rings (SSSR count). The minimum absolute atomic E-state index is 0.130. The second kappa shape index (κ2) is 10.1. The van der Waals surface area contributed by atoms with Crippen LogP contribution < -0.4 is 19.7 Å². The number of fused-ring (bicyclic) bond motifs is 1. The maximum Gasteiger partial charge on any atom is 0.264 e. The summed E-state index contributed by atoms with van der Waals surface area (Å²) in [4.78, 5) is 29.0. The number of carbonyl (C=O) groups is 2. The molecule has 7 heteroatoms. The third-order valence-corrected chi connectivity index (χ3v) is 6.75. The van der Waals surface area contributed by atoms with E-state index in [1.54, 1.807) is 38.3 Å². The molecule has 3 aromatic rings. The van der Waals surface area contributed by atoms with Crippen molar-refractivity contribution in [2.24, 2.45) is 0 Å². The van der Waals surface area contributed by atoms with Crippen LogP contribution in [0.2, 0.25) is 0 Å². The van der Waals surface area contributed by atoms with E-state index in [0.29, 0.717) is 27.7 Å². The minimum atomic E-state index is -0.184. The van der Waals surface area contributed by atoms with Crippen LogP contribution >= 0.6 is 11.8 Å². The Balaban J connectivity index is 1.56. The van der Waals surface area contributed by atoms with E-state index in [2.05, 4.69) is 5.32 Å². The van der Waals surface area contributed by atoms with E-state index in [1.807, 2.05) is 67.6 Å². The molecule has 174 valence electrons. The molecule has 2 amide bonds. The van der Waals surface area contributed by atoms with Gasteiger partial charge in [-0.2, -0.15) is 0 Å². The van der Waals surface area contributed by atoms with Gasteiger partial charge in [-0.25, -0.2) is 0 Å². The van der Waals surface area contributed by atoms with Crippen LogP contribution in [0.1, 0.15) is 34.5 Å². The monoisotopic (exact) mass is 474 g/mol. The zero-order valence-electron chi connectivity index (χ0n) is 19.5. The Labute approximate surface area is 203 Å². The number of ether oxygens (including phenoxy) is 2. The van der Waals surface area contributed by atoms with Crippen molar-refractivity contribution >= 4 is 35.3 Å². The van der Waals surface area contributed by atoms with E-state index >= 15 is 0 Å². The molecule has 0 aromatic heterocycles. The van der Waals surface area contributed by atoms with Crippen molar-refractivity contribution in [3.05, 3.63) is 88.3 Å². The van der Waals surface area contributed by atoms with Gasteiger partial charge in [0.05, 0.1) is 30.9 Å². The van der Waals surface area contributed by atoms with Crippen molar-refractivity contribution in [3.63, 3.8) is 0 Å². The quantitative estimate of drug-likeness (QED) is 0.491. The number of amides is 2. The molecular formula is C27H26N2O4S. The van der Waals surface area contributed by atoms with Gasteiger partial charge in [0.15, 0.2) is 11.5 Å². The predicted molar refractivity (Wildman–Crippen MR) is 136 cm³/mol. The summed E-state index contributed by atoms with van der Waals surface area (Å²) in [7, 11) is 4.88. The van der Waals surface area contributed by atoms with E-state index in [9.17, 15) is 9.59 Å². The molecule has 0 bridgehead atoms. The second-order valence-electron chi connectivity index (χ2n) is 7.88.